The van der Waals surface area contributed by atoms with Gasteiger partial charge in [0.25, 0.3) is 0 Å². The van der Waals surface area contributed by atoms with Crippen molar-refractivity contribution in [1.29, 1.82) is 0 Å². The minimum Gasteiger partial charge on any atom is -0.371 e. The maximum absolute atomic E-state index is 13.4. The number of nitrogens with zero attached hydrogens (tertiary/aromatic N) is 6. The highest BCUT2D eigenvalue weighted by molar-refractivity contribution is 9.10. The lowest BCUT2D eigenvalue weighted by molar-refractivity contribution is 0.0277. The van der Waals surface area contributed by atoms with Crippen LogP contribution in [0.5, 0.6) is 0 Å². The van der Waals surface area contributed by atoms with Crippen LogP contribution in [0.4, 0.5) is 23.1 Å². The number of halogens is 1. The van der Waals surface area contributed by atoms with Gasteiger partial charge in [0, 0.05) is 56.2 Å². The molecule has 0 spiro atoms. The third-order valence-corrected chi connectivity index (χ3v) is 9.17. The zero-order chi connectivity index (χ0) is 29.4. The van der Waals surface area contributed by atoms with E-state index in [-0.39, 0.29) is 6.10 Å². The van der Waals surface area contributed by atoms with Gasteiger partial charge in [-0.05, 0) is 77.1 Å². The summed E-state index contributed by atoms with van der Waals surface area (Å²) >= 11 is 3.57. The molecule has 0 aliphatic carbocycles. The number of anilines is 4. The molecule has 3 N–H and O–H groups in total. The van der Waals surface area contributed by atoms with Crippen molar-refractivity contribution in [2.45, 2.75) is 13.0 Å². The van der Waals surface area contributed by atoms with E-state index < -0.39 is 7.14 Å². The summed E-state index contributed by atoms with van der Waals surface area (Å²) in [5.74, 6) is 0.923. The van der Waals surface area contributed by atoms with Gasteiger partial charge in [-0.3, -0.25) is 14.6 Å². The molecule has 11 nitrogen and oxygen atoms in total. The Morgan fingerprint density at radius 1 is 1.12 bits per heavy atom. The lowest BCUT2D eigenvalue weighted by Gasteiger charge is -2.27. The summed E-state index contributed by atoms with van der Waals surface area (Å²) in [6.45, 7) is 7.79. The first-order valence-corrected chi connectivity index (χ1v) is 16.9. The normalized spacial score (nSPS) is 15.6. The van der Waals surface area contributed by atoms with Crippen LogP contribution in [0, 0.1) is 6.92 Å². The number of rotatable bonds is 7. The first-order chi connectivity index (χ1) is 20.2. The summed E-state index contributed by atoms with van der Waals surface area (Å²) in [5, 5.41) is 15.2. The Hall–Kier alpha value is -3.70. The van der Waals surface area contributed by atoms with Crippen LogP contribution in [-0.2, 0) is 16.3 Å². The second-order valence-corrected chi connectivity index (χ2v) is 14.6. The van der Waals surface area contributed by atoms with E-state index >= 15 is 0 Å². The van der Waals surface area contributed by atoms with Crippen molar-refractivity contribution < 1.29 is 9.30 Å². The number of ether oxygens (including phenoxy) is 1. The van der Waals surface area contributed by atoms with E-state index in [1.807, 2.05) is 31.6 Å². The van der Waals surface area contributed by atoms with Crippen LogP contribution >= 0.6 is 23.1 Å². The molecule has 0 radical (unpaired) electrons. The molecule has 216 valence electrons. The Kier molecular flexibility index (Phi) is 7.80. The van der Waals surface area contributed by atoms with Crippen LogP contribution in [0.25, 0.3) is 22.2 Å². The topological polar surface area (TPSA) is 132 Å². The van der Waals surface area contributed by atoms with Gasteiger partial charge in [0.1, 0.15) is 18.5 Å². The Balaban J connectivity index is 1.36. The zero-order valence-corrected chi connectivity index (χ0v) is 26.2. The van der Waals surface area contributed by atoms with Gasteiger partial charge in [-0.25, -0.2) is 4.98 Å². The Labute approximate surface area is 252 Å². The highest BCUT2D eigenvalue weighted by Gasteiger charge is 2.24. The van der Waals surface area contributed by atoms with E-state index in [2.05, 4.69) is 71.0 Å². The van der Waals surface area contributed by atoms with Crippen LogP contribution in [-0.4, -0.2) is 62.7 Å². The minimum atomic E-state index is -2.74. The lowest BCUT2D eigenvalue weighted by Crippen LogP contribution is -2.34. The number of morpholine rings is 1. The summed E-state index contributed by atoms with van der Waals surface area (Å²) in [7, 11) is -0.829. The van der Waals surface area contributed by atoms with Gasteiger partial charge >= 0.3 is 0 Å². The van der Waals surface area contributed by atoms with Gasteiger partial charge in [0.15, 0.2) is 0 Å². The number of nitrogens with one attached hydrogen (secondary N) is 3. The molecule has 1 aliphatic rings. The highest BCUT2D eigenvalue weighted by Crippen LogP contribution is 2.41. The van der Waals surface area contributed by atoms with E-state index in [4.69, 9.17) is 9.72 Å². The van der Waals surface area contributed by atoms with Gasteiger partial charge in [0.2, 0.25) is 5.95 Å². The molecule has 1 atom stereocenters. The average molecular weight is 649 g/mol. The Morgan fingerprint density at radius 2 is 1.95 bits per heavy atom. The quantitative estimate of drug-likeness (QED) is 0.200. The molecule has 1 unspecified atom stereocenters. The van der Waals surface area contributed by atoms with Crippen LogP contribution in [0.15, 0.2) is 59.7 Å². The van der Waals surface area contributed by atoms with Crippen molar-refractivity contribution in [2.24, 2.45) is 7.05 Å². The molecule has 4 heterocycles. The van der Waals surface area contributed by atoms with Gasteiger partial charge in [-0.2, -0.15) is 10.1 Å². The third-order valence-electron chi connectivity index (χ3n) is 7.06. The predicted octanol–water partition coefficient (Wildman–Crippen LogP) is 5.29. The molecule has 1 fully saturated rings. The van der Waals surface area contributed by atoms with Crippen LogP contribution in [0.1, 0.15) is 17.2 Å². The summed E-state index contributed by atoms with van der Waals surface area (Å²) in [5.41, 5.74) is 7.05. The van der Waals surface area contributed by atoms with Crippen molar-refractivity contribution in [3.8, 4) is 11.1 Å². The standard InChI is InChI=1S/C29H31BrN9O2P/c1-17-11-19(12-20(18-13-35-39(2)16-18)25(17)24-15-31-9-10-41-24)36-29-34-14-21(30)28(38-29)37-23-6-5-22-26(33-8-7-32-22)27(23)42(3,4)40/h5-8,11-14,16,24,31H,9-10,15H2,1-4H3,(H2,34,36,37,38). The Morgan fingerprint density at radius 3 is 2.69 bits per heavy atom. The summed E-state index contributed by atoms with van der Waals surface area (Å²) in [6, 6.07) is 7.88. The molecule has 1 saturated heterocycles. The van der Waals surface area contributed by atoms with Crippen LogP contribution in [0.3, 0.4) is 0 Å². The van der Waals surface area contributed by atoms with Gasteiger partial charge < -0.3 is 25.3 Å². The molecule has 13 heteroatoms. The van der Waals surface area contributed by atoms with Crippen molar-refractivity contribution >= 4 is 62.6 Å². The predicted molar refractivity (Wildman–Crippen MR) is 170 cm³/mol. The molecule has 2 aromatic carbocycles. The van der Waals surface area contributed by atoms with E-state index in [0.717, 1.165) is 41.0 Å². The number of hydrogen-bond acceptors (Lipinski definition) is 10. The monoisotopic (exact) mass is 647 g/mol. The van der Waals surface area contributed by atoms with Crippen molar-refractivity contribution in [1.82, 2.24) is 35.0 Å². The number of aromatic nitrogens is 6. The lowest BCUT2D eigenvalue weighted by atomic mass is 9.92. The zero-order valence-electron chi connectivity index (χ0n) is 23.7. The highest BCUT2D eigenvalue weighted by atomic mass is 79.9. The molecule has 0 amide bonds. The van der Waals surface area contributed by atoms with Gasteiger partial charge in [-0.1, -0.05) is 0 Å². The molecule has 0 saturated carbocycles. The minimum absolute atomic E-state index is 0.0586. The molecule has 5 aromatic rings. The molecule has 42 heavy (non-hydrogen) atoms. The number of hydrogen-bond donors (Lipinski definition) is 3. The summed E-state index contributed by atoms with van der Waals surface area (Å²) < 4.78 is 22.0. The molecule has 1 aliphatic heterocycles. The first kappa shape index (κ1) is 28.4. The fourth-order valence-corrected chi connectivity index (χ4v) is 6.97. The van der Waals surface area contributed by atoms with Crippen molar-refractivity contribution in [2.75, 3.05) is 43.7 Å². The fraction of sp³-hybridized carbons (Fsp3) is 0.276. The SMILES string of the molecule is Cc1cc(Nc2ncc(Br)c(Nc3ccc4nccnc4c3P(C)(C)=O)n2)cc(-c2cnn(C)c2)c1C1CNCCO1. The van der Waals surface area contributed by atoms with Crippen LogP contribution in [0.2, 0.25) is 0 Å². The second kappa shape index (κ2) is 11.5. The van der Waals surface area contributed by atoms with E-state index in [1.165, 1.54) is 0 Å². The number of benzene rings is 2. The second-order valence-electron chi connectivity index (χ2n) is 10.6. The van der Waals surface area contributed by atoms with E-state index in [9.17, 15) is 4.57 Å². The smallest absolute Gasteiger partial charge is 0.229 e. The van der Waals surface area contributed by atoms with Crippen molar-refractivity contribution in [3.63, 3.8) is 0 Å². The average Bonchev–Trinajstić information content (AvgIpc) is 3.40. The molecule has 3 aromatic heterocycles. The first-order valence-electron chi connectivity index (χ1n) is 13.5. The molecular weight excluding hydrogens is 617 g/mol. The van der Waals surface area contributed by atoms with Crippen LogP contribution < -0.4 is 21.3 Å². The number of aryl methyl sites for hydroxylation is 2. The van der Waals surface area contributed by atoms with E-state index in [1.54, 1.807) is 36.6 Å². The summed E-state index contributed by atoms with van der Waals surface area (Å²) in [4.78, 5) is 18.1. The maximum Gasteiger partial charge on any atom is 0.229 e. The largest absolute Gasteiger partial charge is 0.371 e. The molecule has 0 bridgehead atoms. The third kappa shape index (κ3) is 5.80. The summed E-state index contributed by atoms with van der Waals surface area (Å²) in [6.07, 6.45) is 8.72. The number of fused-ring (bicyclic) bond motifs is 1. The fourth-order valence-electron chi connectivity index (χ4n) is 5.29. The molecular formula is C29H31BrN9O2P. The molecule has 6 rings (SSSR count). The maximum atomic E-state index is 13.4. The van der Waals surface area contributed by atoms with Gasteiger partial charge in [-0.15, -0.1) is 0 Å². The Bertz CT molecular complexity index is 1830. The van der Waals surface area contributed by atoms with Crippen molar-refractivity contribution in [3.05, 3.63) is 70.8 Å². The van der Waals surface area contributed by atoms with Gasteiger partial charge in [0.05, 0.1) is 39.9 Å². The van der Waals surface area contributed by atoms with E-state index in [0.29, 0.717) is 44.9 Å².